The Morgan fingerprint density at radius 1 is 1.62 bits per heavy atom. The number of aromatic amines is 1. The Kier molecular flexibility index (Phi) is 3.07. The zero-order valence-corrected chi connectivity index (χ0v) is 8.52. The molecule has 70 valence electrons. The molecule has 0 aromatic carbocycles. The molecule has 0 radical (unpaired) electrons. The van der Waals surface area contributed by atoms with Crippen molar-refractivity contribution in [2.75, 3.05) is 0 Å². The van der Waals surface area contributed by atoms with Crippen LogP contribution < -0.4 is 0 Å². The lowest BCUT2D eigenvalue weighted by Crippen LogP contribution is -1.87. The van der Waals surface area contributed by atoms with Crippen molar-refractivity contribution in [2.45, 2.75) is 27.2 Å². The summed E-state index contributed by atoms with van der Waals surface area (Å²) in [6, 6.07) is 0. The molecular formula is C11H16N2. The quantitative estimate of drug-likeness (QED) is 0.753. The first-order valence-electron chi connectivity index (χ1n) is 4.57. The Bertz CT molecular complexity index is 332. The van der Waals surface area contributed by atoms with Gasteiger partial charge >= 0.3 is 0 Å². The number of aromatic nitrogens is 2. The van der Waals surface area contributed by atoms with Gasteiger partial charge in [0.05, 0.1) is 5.69 Å². The Balaban J connectivity index is 3.28. The van der Waals surface area contributed by atoms with Crippen LogP contribution in [0.2, 0.25) is 0 Å². The third kappa shape index (κ3) is 1.72. The van der Waals surface area contributed by atoms with Crippen LogP contribution in [0.4, 0.5) is 0 Å². The maximum absolute atomic E-state index is 4.19. The molecule has 0 saturated heterocycles. The van der Waals surface area contributed by atoms with Crippen LogP contribution in [-0.2, 0) is 6.42 Å². The lowest BCUT2D eigenvalue weighted by atomic mass is 10.0. The van der Waals surface area contributed by atoms with E-state index in [4.69, 9.17) is 0 Å². The molecule has 0 aliphatic rings. The summed E-state index contributed by atoms with van der Waals surface area (Å²) in [7, 11) is 0. The van der Waals surface area contributed by atoms with Gasteiger partial charge in [0, 0.05) is 11.3 Å². The van der Waals surface area contributed by atoms with Gasteiger partial charge in [-0.2, -0.15) is 5.10 Å². The second-order valence-electron chi connectivity index (χ2n) is 2.99. The monoisotopic (exact) mass is 176 g/mol. The van der Waals surface area contributed by atoms with E-state index < -0.39 is 0 Å². The Morgan fingerprint density at radius 2 is 2.31 bits per heavy atom. The van der Waals surface area contributed by atoms with Crippen LogP contribution in [0.15, 0.2) is 12.7 Å². The molecule has 0 aliphatic carbocycles. The molecule has 0 saturated carbocycles. The van der Waals surface area contributed by atoms with E-state index in [0.29, 0.717) is 0 Å². The van der Waals surface area contributed by atoms with Crippen molar-refractivity contribution in [2.24, 2.45) is 0 Å². The van der Waals surface area contributed by atoms with Crippen molar-refractivity contribution in [3.63, 3.8) is 0 Å². The van der Waals surface area contributed by atoms with E-state index >= 15 is 0 Å². The Labute approximate surface area is 79.4 Å². The van der Waals surface area contributed by atoms with Crippen molar-refractivity contribution in [3.05, 3.63) is 29.6 Å². The maximum Gasteiger partial charge on any atom is 0.0920 e. The molecule has 0 aliphatic heterocycles. The van der Waals surface area contributed by atoms with Gasteiger partial charge in [-0.05, 0) is 31.9 Å². The summed E-state index contributed by atoms with van der Waals surface area (Å²) in [5.74, 6) is 0. The minimum atomic E-state index is 0.951. The van der Waals surface area contributed by atoms with Gasteiger partial charge in [-0.15, -0.1) is 0 Å². The molecule has 1 aromatic heterocycles. The van der Waals surface area contributed by atoms with Gasteiger partial charge in [0.15, 0.2) is 0 Å². The highest BCUT2D eigenvalue weighted by Gasteiger charge is 2.09. The number of hydrogen-bond donors (Lipinski definition) is 1. The van der Waals surface area contributed by atoms with Crippen molar-refractivity contribution in [1.29, 1.82) is 0 Å². The molecule has 0 amide bonds. The van der Waals surface area contributed by atoms with E-state index in [1.807, 2.05) is 6.92 Å². The summed E-state index contributed by atoms with van der Waals surface area (Å²) in [6.07, 6.45) is 4.86. The number of rotatable bonds is 3. The van der Waals surface area contributed by atoms with Crippen LogP contribution in [0.5, 0.6) is 0 Å². The number of nitrogens with zero attached hydrogens (tertiary/aromatic N) is 1. The van der Waals surface area contributed by atoms with Crippen molar-refractivity contribution < 1.29 is 0 Å². The lowest BCUT2D eigenvalue weighted by molar-refractivity contribution is 0.970. The van der Waals surface area contributed by atoms with Gasteiger partial charge in [-0.3, -0.25) is 5.10 Å². The van der Waals surface area contributed by atoms with E-state index in [1.54, 1.807) is 6.08 Å². The van der Waals surface area contributed by atoms with Crippen LogP contribution in [0.25, 0.3) is 11.6 Å². The highest BCUT2D eigenvalue weighted by Crippen LogP contribution is 2.22. The molecule has 0 unspecified atom stereocenters. The second-order valence-corrected chi connectivity index (χ2v) is 2.99. The molecule has 0 fully saturated rings. The third-order valence-electron chi connectivity index (χ3n) is 2.24. The SMILES string of the molecule is C=Cc1n[nH]c(CC)c1/C(C)=C\C. The predicted molar refractivity (Wildman–Crippen MR) is 57.4 cm³/mol. The molecule has 13 heavy (non-hydrogen) atoms. The van der Waals surface area contributed by atoms with Gasteiger partial charge in [0.25, 0.3) is 0 Å². The number of aryl methyl sites for hydroxylation is 1. The minimum absolute atomic E-state index is 0.951. The molecule has 1 aromatic rings. The largest absolute Gasteiger partial charge is 0.281 e. The molecule has 1 heterocycles. The van der Waals surface area contributed by atoms with Crippen LogP contribution >= 0.6 is 0 Å². The standard InChI is InChI=1S/C11H16N2/c1-5-8(4)11-9(6-2)12-13-10(11)7-3/h5-6H,2,7H2,1,3-4H3,(H,12,13)/b8-5-. The van der Waals surface area contributed by atoms with Gasteiger partial charge in [0.2, 0.25) is 0 Å². The average molecular weight is 176 g/mol. The fraction of sp³-hybridized carbons (Fsp3) is 0.364. The summed E-state index contributed by atoms with van der Waals surface area (Å²) in [5.41, 5.74) is 4.60. The minimum Gasteiger partial charge on any atom is -0.281 e. The summed E-state index contributed by atoms with van der Waals surface area (Å²) in [4.78, 5) is 0. The zero-order valence-electron chi connectivity index (χ0n) is 8.52. The summed E-state index contributed by atoms with van der Waals surface area (Å²) in [5, 5.41) is 7.22. The number of hydrogen-bond acceptors (Lipinski definition) is 1. The van der Waals surface area contributed by atoms with Gasteiger partial charge < -0.3 is 0 Å². The fourth-order valence-corrected chi connectivity index (χ4v) is 1.38. The van der Waals surface area contributed by atoms with Crippen LogP contribution in [0.3, 0.4) is 0 Å². The summed E-state index contributed by atoms with van der Waals surface area (Å²) >= 11 is 0. The van der Waals surface area contributed by atoms with Gasteiger partial charge in [0.1, 0.15) is 0 Å². The van der Waals surface area contributed by atoms with E-state index in [0.717, 1.165) is 12.1 Å². The highest BCUT2D eigenvalue weighted by molar-refractivity contribution is 5.72. The number of H-pyrrole nitrogens is 1. The zero-order chi connectivity index (χ0) is 9.84. The molecule has 1 rings (SSSR count). The van der Waals surface area contributed by atoms with Crippen molar-refractivity contribution in [3.8, 4) is 0 Å². The van der Waals surface area contributed by atoms with Crippen LogP contribution in [-0.4, -0.2) is 10.2 Å². The molecular weight excluding hydrogens is 160 g/mol. The first-order chi connectivity index (χ1) is 6.24. The van der Waals surface area contributed by atoms with Crippen molar-refractivity contribution in [1.82, 2.24) is 10.2 Å². The first kappa shape index (κ1) is 9.78. The van der Waals surface area contributed by atoms with Gasteiger partial charge in [-0.1, -0.05) is 19.6 Å². The smallest absolute Gasteiger partial charge is 0.0920 e. The van der Waals surface area contributed by atoms with E-state index in [2.05, 4.69) is 36.7 Å². The molecule has 0 bridgehead atoms. The fourth-order valence-electron chi connectivity index (χ4n) is 1.38. The maximum atomic E-state index is 4.19. The van der Waals surface area contributed by atoms with Crippen molar-refractivity contribution >= 4 is 11.6 Å². The Hall–Kier alpha value is -1.31. The van der Waals surface area contributed by atoms with Crippen LogP contribution in [0.1, 0.15) is 37.7 Å². The molecule has 1 N–H and O–H groups in total. The topological polar surface area (TPSA) is 28.7 Å². The number of allylic oxidation sites excluding steroid dienone is 2. The first-order valence-corrected chi connectivity index (χ1v) is 4.57. The lowest BCUT2D eigenvalue weighted by Gasteiger charge is -2.01. The van der Waals surface area contributed by atoms with Gasteiger partial charge in [-0.25, -0.2) is 0 Å². The summed E-state index contributed by atoms with van der Waals surface area (Å²) in [6.45, 7) is 9.99. The van der Waals surface area contributed by atoms with E-state index in [1.165, 1.54) is 16.8 Å². The summed E-state index contributed by atoms with van der Waals surface area (Å²) < 4.78 is 0. The van der Waals surface area contributed by atoms with E-state index in [9.17, 15) is 0 Å². The third-order valence-corrected chi connectivity index (χ3v) is 2.24. The van der Waals surface area contributed by atoms with E-state index in [-0.39, 0.29) is 0 Å². The molecule has 0 atom stereocenters. The second kappa shape index (κ2) is 4.08. The van der Waals surface area contributed by atoms with Crippen LogP contribution in [0, 0.1) is 0 Å². The number of nitrogens with one attached hydrogen (secondary N) is 1. The normalized spacial score (nSPS) is 11.8. The average Bonchev–Trinajstić information content (AvgIpc) is 2.59. The molecule has 2 heteroatoms. The predicted octanol–water partition coefficient (Wildman–Crippen LogP) is 3.04. The highest BCUT2D eigenvalue weighted by atomic mass is 15.1. The Morgan fingerprint density at radius 3 is 2.77 bits per heavy atom. The molecule has 0 spiro atoms. The molecule has 2 nitrogen and oxygen atoms in total.